The van der Waals surface area contributed by atoms with Crippen LogP contribution in [0, 0.1) is 19.8 Å². The number of aromatic nitrogens is 4. The Morgan fingerprint density at radius 1 is 1.16 bits per heavy atom. The maximum Gasteiger partial charge on any atom is 0.256 e. The summed E-state index contributed by atoms with van der Waals surface area (Å²) in [5, 5.41) is 8.83. The zero-order valence-electron chi connectivity index (χ0n) is 15.0. The van der Waals surface area contributed by atoms with Crippen molar-refractivity contribution in [2.75, 3.05) is 18.0 Å². The van der Waals surface area contributed by atoms with Crippen molar-refractivity contribution in [2.24, 2.45) is 5.92 Å². The van der Waals surface area contributed by atoms with Gasteiger partial charge >= 0.3 is 0 Å². The molecular formula is C19H25N5O. The van der Waals surface area contributed by atoms with Crippen LogP contribution in [0.5, 0.6) is 0 Å². The van der Waals surface area contributed by atoms with E-state index in [0.29, 0.717) is 5.92 Å². The first-order chi connectivity index (χ1) is 12.1. The van der Waals surface area contributed by atoms with E-state index in [4.69, 9.17) is 0 Å². The predicted molar refractivity (Wildman–Crippen MR) is 97.0 cm³/mol. The van der Waals surface area contributed by atoms with E-state index in [2.05, 4.69) is 26.1 Å². The second kappa shape index (κ2) is 6.58. The van der Waals surface area contributed by atoms with Crippen molar-refractivity contribution < 1.29 is 0 Å². The van der Waals surface area contributed by atoms with Crippen LogP contribution >= 0.6 is 0 Å². The first-order valence-corrected chi connectivity index (χ1v) is 9.25. The van der Waals surface area contributed by atoms with Crippen LogP contribution in [0.4, 0.5) is 5.82 Å². The van der Waals surface area contributed by atoms with Gasteiger partial charge in [-0.3, -0.25) is 9.36 Å². The smallest absolute Gasteiger partial charge is 0.256 e. The highest BCUT2D eigenvalue weighted by atomic mass is 16.1. The lowest BCUT2D eigenvalue weighted by Crippen LogP contribution is -2.37. The molecule has 6 heteroatoms. The summed E-state index contributed by atoms with van der Waals surface area (Å²) in [6.45, 7) is 6.46. The minimum Gasteiger partial charge on any atom is -0.355 e. The monoisotopic (exact) mass is 339 g/mol. The van der Waals surface area contributed by atoms with Gasteiger partial charge in [0.25, 0.3) is 5.56 Å². The van der Waals surface area contributed by atoms with E-state index in [1.165, 1.54) is 17.7 Å². The largest absolute Gasteiger partial charge is 0.355 e. The zero-order chi connectivity index (χ0) is 17.4. The Morgan fingerprint density at radius 3 is 2.76 bits per heavy atom. The fraction of sp³-hybridized carbons (Fsp3) is 0.579. The lowest BCUT2D eigenvalue weighted by Gasteiger charge is -2.32. The summed E-state index contributed by atoms with van der Waals surface area (Å²) in [6.07, 6.45) is 7.24. The van der Waals surface area contributed by atoms with Crippen molar-refractivity contribution in [2.45, 2.75) is 52.5 Å². The van der Waals surface area contributed by atoms with Gasteiger partial charge in [-0.1, -0.05) is 0 Å². The third kappa shape index (κ3) is 3.17. The van der Waals surface area contributed by atoms with E-state index in [1.807, 2.05) is 13.8 Å². The van der Waals surface area contributed by atoms with Crippen molar-refractivity contribution >= 4 is 5.82 Å². The number of nitrogens with zero attached hydrogens (tertiary/aromatic N) is 5. The number of hydrogen-bond acceptors (Lipinski definition) is 5. The van der Waals surface area contributed by atoms with Gasteiger partial charge in [0, 0.05) is 30.9 Å². The molecule has 0 N–H and O–H groups in total. The summed E-state index contributed by atoms with van der Waals surface area (Å²) in [6, 6.07) is 2.23. The van der Waals surface area contributed by atoms with E-state index in [1.54, 1.807) is 10.9 Å². The van der Waals surface area contributed by atoms with Gasteiger partial charge in [0.05, 0.1) is 12.0 Å². The molecular weight excluding hydrogens is 314 g/mol. The van der Waals surface area contributed by atoms with E-state index in [9.17, 15) is 4.79 Å². The highest BCUT2D eigenvalue weighted by Gasteiger charge is 2.23. The normalized spacial score (nSPS) is 17.8. The van der Waals surface area contributed by atoms with Gasteiger partial charge in [-0.25, -0.2) is 4.98 Å². The van der Waals surface area contributed by atoms with Crippen molar-refractivity contribution in [3.63, 3.8) is 0 Å². The fourth-order valence-electron chi connectivity index (χ4n) is 3.90. The second-order valence-electron chi connectivity index (χ2n) is 7.37. The highest BCUT2D eigenvalue weighted by molar-refractivity contribution is 5.43. The van der Waals surface area contributed by atoms with E-state index < -0.39 is 0 Å². The number of piperidine rings is 1. The lowest BCUT2D eigenvalue weighted by atomic mass is 9.96. The third-order valence-corrected chi connectivity index (χ3v) is 5.72. The number of hydrogen-bond donors (Lipinski definition) is 0. The molecule has 1 aliphatic heterocycles. The Balaban J connectivity index is 1.40. The predicted octanol–water partition coefficient (Wildman–Crippen LogP) is 2.06. The molecule has 0 saturated carbocycles. The SMILES string of the molecule is Cc1ncn(CC2CCN(c3cc4c(nn3)CCC4)CC2)c(=O)c1C. The van der Waals surface area contributed by atoms with Crippen LogP contribution in [0.25, 0.3) is 0 Å². The molecule has 6 nitrogen and oxygen atoms in total. The van der Waals surface area contributed by atoms with Crippen LogP contribution in [0.3, 0.4) is 0 Å². The van der Waals surface area contributed by atoms with Crippen molar-refractivity contribution in [1.82, 2.24) is 19.7 Å². The Hall–Kier alpha value is -2.24. The standard InChI is InChI=1S/C19H25N5O/c1-13-14(2)20-12-24(19(13)25)11-15-6-8-23(9-7-15)18-10-16-4-3-5-17(16)21-22-18/h10,12,15H,3-9,11H2,1-2H3. The van der Waals surface area contributed by atoms with E-state index in [-0.39, 0.29) is 5.56 Å². The van der Waals surface area contributed by atoms with Crippen molar-refractivity contribution in [3.05, 3.63) is 45.3 Å². The zero-order valence-corrected chi connectivity index (χ0v) is 15.0. The Bertz CT molecular complexity index is 836. The maximum atomic E-state index is 12.4. The van der Waals surface area contributed by atoms with Gasteiger partial charge in [-0.2, -0.15) is 5.10 Å². The molecule has 0 radical (unpaired) electrons. The highest BCUT2D eigenvalue weighted by Crippen LogP contribution is 2.26. The van der Waals surface area contributed by atoms with Crippen molar-refractivity contribution in [3.8, 4) is 0 Å². The molecule has 0 amide bonds. The minimum absolute atomic E-state index is 0.0967. The van der Waals surface area contributed by atoms with Gasteiger partial charge in [0.2, 0.25) is 0 Å². The molecule has 132 valence electrons. The average Bonchev–Trinajstić information content (AvgIpc) is 3.10. The molecule has 0 aromatic carbocycles. The number of aryl methyl sites for hydroxylation is 3. The van der Waals surface area contributed by atoms with Crippen LogP contribution in [-0.2, 0) is 19.4 Å². The Kier molecular flexibility index (Phi) is 4.27. The van der Waals surface area contributed by atoms with Crippen LogP contribution < -0.4 is 10.5 Å². The molecule has 25 heavy (non-hydrogen) atoms. The molecule has 3 heterocycles. The molecule has 2 aromatic heterocycles. The molecule has 2 aromatic rings. The summed E-state index contributed by atoms with van der Waals surface area (Å²) in [5.74, 6) is 1.53. The summed E-state index contributed by atoms with van der Waals surface area (Å²) in [7, 11) is 0. The number of rotatable bonds is 3. The second-order valence-corrected chi connectivity index (χ2v) is 7.37. The quantitative estimate of drug-likeness (QED) is 0.856. The van der Waals surface area contributed by atoms with Gasteiger partial charge in [0.1, 0.15) is 0 Å². The summed E-state index contributed by atoms with van der Waals surface area (Å²) in [4.78, 5) is 19.0. The Morgan fingerprint density at radius 2 is 1.96 bits per heavy atom. The molecule has 0 atom stereocenters. The molecule has 1 saturated heterocycles. The summed E-state index contributed by atoms with van der Waals surface area (Å²) >= 11 is 0. The number of anilines is 1. The molecule has 0 unspecified atom stereocenters. The fourth-order valence-corrected chi connectivity index (χ4v) is 3.90. The average molecular weight is 339 g/mol. The van der Waals surface area contributed by atoms with E-state index >= 15 is 0 Å². The summed E-state index contributed by atoms with van der Waals surface area (Å²) < 4.78 is 1.78. The topological polar surface area (TPSA) is 63.9 Å². The maximum absolute atomic E-state index is 12.4. The minimum atomic E-state index is 0.0967. The molecule has 0 bridgehead atoms. The lowest BCUT2D eigenvalue weighted by molar-refractivity contribution is 0.349. The third-order valence-electron chi connectivity index (χ3n) is 5.72. The first kappa shape index (κ1) is 16.2. The number of fused-ring (bicyclic) bond motifs is 1. The summed E-state index contributed by atoms with van der Waals surface area (Å²) in [5.41, 5.74) is 4.24. The van der Waals surface area contributed by atoms with Gasteiger partial charge < -0.3 is 4.90 Å². The van der Waals surface area contributed by atoms with Crippen LogP contribution in [0.1, 0.15) is 41.8 Å². The van der Waals surface area contributed by atoms with E-state index in [0.717, 1.165) is 62.4 Å². The van der Waals surface area contributed by atoms with Crippen molar-refractivity contribution in [1.29, 1.82) is 0 Å². The first-order valence-electron chi connectivity index (χ1n) is 9.25. The van der Waals surface area contributed by atoms with Gasteiger partial charge in [-0.05, 0) is 63.5 Å². The van der Waals surface area contributed by atoms with Crippen LogP contribution in [0.15, 0.2) is 17.2 Å². The molecule has 1 fully saturated rings. The van der Waals surface area contributed by atoms with Gasteiger partial charge in [-0.15, -0.1) is 5.10 Å². The molecule has 2 aliphatic rings. The molecule has 1 aliphatic carbocycles. The van der Waals surface area contributed by atoms with Gasteiger partial charge in [0.15, 0.2) is 5.82 Å². The molecule has 4 rings (SSSR count). The van der Waals surface area contributed by atoms with Crippen LogP contribution in [-0.4, -0.2) is 32.8 Å². The molecule has 0 spiro atoms. The van der Waals surface area contributed by atoms with Crippen LogP contribution in [0.2, 0.25) is 0 Å². The Labute approximate surface area is 147 Å².